The second-order valence-electron chi connectivity index (χ2n) is 5.30. The molecule has 0 radical (unpaired) electrons. The molecule has 0 aliphatic heterocycles. The highest BCUT2D eigenvalue weighted by molar-refractivity contribution is 5.78. The summed E-state index contributed by atoms with van der Waals surface area (Å²) in [4.78, 5) is 11.9. The summed E-state index contributed by atoms with van der Waals surface area (Å²) in [6, 6.07) is 10.2. The van der Waals surface area contributed by atoms with Crippen molar-refractivity contribution >= 4 is 5.97 Å². The van der Waals surface area contributed by atoms with E-state index in [1.807, 2.05) is 29.1 Å². The summed E-state index contributed by atoms with van der Waals surface area (Å²) in [6.45, 7) is 0.722. The molecule has 1 atom stereocenters. The zero-order valence-electron chi connectivity index (χ0n) is 11.5. The molecule has 1 aliphatic carbocycles. The van der Waals surface area contributed by atoms with Gasteiger partial charge in [0, 0.05) is 11.8 Å². The number of benzene rings is 1. The second-order valence-corrected chi connectivity index (χ2v) is 5.30. The highest BCUT2D eigenvalue weighted by Crippen LogP contribution is 2.43. The third-order valence-corrected chi connectivity index (χ3v) is 3.75. The SMILES string of the molecule is COC(=O)C(c1cnn(Cc2ccccc2)c1)C1CC1. The van der Waals surface area contributed by atoms with E-state index in [1.54, 1.807) is 6.20 Å². The molecule has 0 N–H and O–H groups in total. The van der Waals surface area contributed by atoms with Crippen LogP contribution in [0.5, 0.6) is 0 Å². The normalized spacial score (nSPS) is 15.8. The largest absolute Gasteiger partial charge is 0.469 e. The fourth-order valence-corrected chi connectivity index (χ4v) is 2.55. The molecule has 0 amide bonds. The topological polar surface area (TPSA) is 44.1 Å². The monoisotopic (exact) mass is 270 g/mol. The molecule has 104 valence electrons. The predicted octanol–water partition coefficient (Wildman–Crippen LogP) is 2.60. The van der Waals surface area contributed by atoms with Gasteiger partial charge in [-0.3, -0.25) is 9.48 Å². The number of ether oxygens (including phenoxy) is 1. The number of nitrogens with zero attached hydrogens (tertiary/aromatic N) is 2. The first-order valence-corrected chi connectivity index (χ1v) is 6.92. The van der Waals surface area contributed by atoms with Crippen LogP contribution in [0.25, 0.3) is 0 Å². The van der Waals surface area contributed by atoms with Gasteiger partial charge in [0.15, 0.2) is 0 Å². The molecule has 1 heterocycles. The summed E-state index contributed by atoms with van der Waals surface area (Å²) in [5.41, 5.74) is 2.17. The Kier molecular flexibility index (Phi) is 3.54. The zero-order valence-corrected chi connectivity index (χ0v) is 11.5. The molecule has 0 saturated heterocycles. The van der Waals surface area contributed by atoms with Gasteiger partial charge in [-0.25, -0.2) is 0 Å². The Labute approximate surface area is 118 Å². The van der Waals surface area contributed by atoms with Crippen molar-refractivity contribution in [3.05, 3.63) is 53.9 Å². The molecule has 1 unspecified atom stereocenters. The summed E-state index contributed by atoms with van der Waals surface area (Å²) in [5, 5.41) is 4.37. The van der Waals surface area contributed by atoms with Crippen LogP contribution in [-0.4, -0.2) is 22.9 Å². The van der Waals surface area contributed by atoms with Gasteiger partial charge < -0.3 is 4.74 Å². The van der Waals surface area contributed by atoms with Crippen LogP contribution in [0.4, 0.5) is 0 Å². The molecule has 20 heavy (non-hydrogen) atoms. The number of aromatic nitrogens is 2. The predicted molar refractivity (Wildman–Crippen MR) is 75.3 cm³/mol. The Morgan fingerprint density at radius 2 is 2.15 bits per heavy atom. The molecule has 1 aromatic carbocycles. The van der Waals surface area contributed by atoms with Crippen molar-refractivity contribution in [3.8, 4) is 0 Å². The van der Waals surface area contributed by atoms with Gasteiger partial charge in [-0.15, -0.1) is 0 Å². The van der Waals surface area contributed by atoms with E-state index in [1.165, 1.54) is 12.7 Å². The maximum absolute atomic E-state index is 11.9. The quantitative estimate of drug-likeness (QED) is 0.784. The van der Waals surface area contributed by atoms with E-state index in [9.17, 15) is 4.79 Å². The molecule has 0 bridgehead atoms. The van der Waals surface area contributed by atoms with Crippen LogP contribution in [0.15, 0.2) is 42.7 Å². The average Bonchev–Trinajstić information content (AvgIpc) is 3.20. The highest BCUT2D eigenvalue weighted by atomic mass is 16.5. The van der Waals surface area contributed by atoms with Crippen LogP contribution >= 0.6 is 0 Å². The molecule has 1 aromatic heterocycles. The molecular formula is C16H18N2O2. The smallest absolute Gasteiger partial charge is 0.313 e. The summed E-state index contributed by atoms with van der Waals surface area (Å²) in [7, 11) is 1.45. The molecule has 0 spiro atoms. The minimum absolute atomic E-state index is 0.147. The standard InChI is InChI=1S/C16H18N2O2/c1-20-16(19)15(13-7-8-13)14-9-17-18(11-14)10-12-5-3-2-4-6-12/h2-6,9,11,13,15H,7-8,10H2,1H3. The summed E-state index contributed by atoms with van der Waals surface area (Å²) in [6.07, 6.45) is 5.96. The van der Waals surface area contributed by atoms with Crippen molar-refractivity contribution in [2.24, 2.45) is 5.92 Å². The fourth-order valence-electron chi connectivity index (χ4n) is 2.55. The first-order chi connectivity index (χ1) is 9.78. The first kappa shape index (κ1) is 12.9. The number of hydrogen-bond acceptors (Lipinski definition) is 3. The minimum Gasteiger partial charge on any atom is -0.469 e. The van der Waals surface area contributed by atoms with Gasteiger partial charge in [0.25, 0.3) is 0 Å². The minimum atomic E-state index is -0.149. The van der Waals surface area contributed by atoms with E-state index in [-0.39, 0.29) is 11.9 Å². The van der Waals surface area contributed by atoms with E-state index in [4.69, 9.17) is 4.74 Å². The van der Waals surface area contributed by atoms with E-state index < -0.39 is 0 Å². The number of carbonyl (C=O) groups excluding carboxylic acids is 1. The number of hydrogen-bond donors (Lipinski definition) is 0. The Balaban J connectivity index is 1.77. The summed E-state index contributed by atoms with van der Waals surface area (Å²) >= 11 is 0. The Morgan fingerprint density at radius 3 is 2.80 bits per heavy atom. The average molecular weight is 270 g/mol. The number of methoxy groups -OCH3 is 1. The van der Waals surface area contributed by atoms with E-state index in [0.29, 0.717) is 5.92 Å². The third kappa shape index (κ3) is 2.74. The zero-order chi connectivity index (χ0) is 13.9. The molecule has 1 fully saturated rings. The summed E-state index contributed by atoms with van der Waals surface area (Å²) in [5.74, 6) is 0.133. The van der Waals surface area contributed by atoms with Gasteiger partial charge >= 0.3 is 5.97 Å². The fraction of sp³-hybridized carbons (Fsp3) is 0.375. The van der Waals surface area contributed by atoms with Crippen molar-refractivity contribution < 1.29 is 9.53 Å². The van der Waals surface area contributed by atoms with Gasteiger partial charge in [0.05, 0.1) is 25.8 Å². The molecule has 1 aliphatic rings. The van der Waals surface area contributed by atoms with Crippen molar-refractivity contribution in [3.63, 3.8) is 0 Å². The third-order valence-electron chi connectivity index (χ3n) is 3.75. The Hall–Kier alpha value is -2.10. The molecule has 3 rings (SSSR count). The maximum Gasteiger partial charge on any atom is 0.313 e. The van der Waals surface area contributed by atoms with Crippen molar-refractivity contribution in [2.45, 2.75) is 25.3 Å². The van der Waals surface area contributed by atoms with Crippen molar-refractivity contribution in [1.82, 2.24) is 9.78 Å². The lowest BCUT2D eigenvalue weighted by Crippen LogP contribution is -2.15. The van der Waals surface area contributed by atoms with Crippen LogP contribution < -0.4 is 0 Å². The molecular weight excluding hydrogens is 252 g/mol. The van der Waals surface area contributed by atoms with E-state index in [0.717, 1.165) is 24.9 Å². The Bertz CT molecular complexity index is 588. The molecule has 4 heteroatoms. The van der Waals surface area contributed by atoms with Crippen molar-refractivity contribution in [1.29, 1.82) is 0 Å². The Morgan fingerprint density at radius 1 is 1.40 bits per heavy atom. The highest BCUT2D eigenvalue weighted by Gasteiger charge is 2.38. The van der Waals surface area contributed by atoms with Gasteiger partial charge in [-0.05, 0) is 24.3 Å². The van der Waals surface area contributed by atoms with Crippen LogP contribution in [0, 0.1) is 5.92 Å². The first-order valence-electron chi connectivity index (χ1n) is 6.92. The number of carbonyl (C=O) groups is 1. The lowest BCUT2D eigenvalue weighted by molar-refractivity contribution is -0.143. The molecule has 1 saturated carbocycles. The maximum atomic E-state index is 11.9. The second kappa shape index (κ2) is 5.49. The lowest BCUT2D eigenvalue weighted by Gasteiger charge is -2.11. The van der Waals surface area contributed by atoms with Crippen LogP contribution in [0.2, 0.25) is 0 Å². The molecule has 2 aromatic rings. The van der Waals surface area contributed by atoms with Gasteiger partial charge in [-0.2, -0.15) is 5.10 Å². The molecule has 4 nitrogen and oxygen atoms in total. The number of rotatable bonds is 5. The van der Waals surface area contributed by atoms with Gasteiger partial charge in [-0.1, -0.05) is 30.3 Å². The van der Waals surface area contributed by atoms with Gasteiger partial charge in [0.1, 0.15) is 0 Å². The van der Waals surface area contributed by atoms with Crippen LogP contribution in [-0.2, 0) is 16.1 Å². The van der Waals surface area contributed by atoms with Gasteiger partial charge in [0.2, 0.25) is 0 Å². The van der Waals surface area contributed by atoms with Crippen LogP contribution in [0.1, 0.15) is 29.9 Å². The van der Waals surface area contributed by atoms with E-state index >= 15 is 0 Å². The lowest BCUT2D eigenvalue weighted by atomic mass is 9.97. The summed E-state index contributed by atoms with van der Waals surface area (Å²) < 4.78 is 6.80. The number of esters is 1. The van der Waals surface area contributed by atoms with E-state index in [2.05, 4.69) is 17.2 Å². The van der Waals surface area contributed by atoms with Crippen molar-refractivity contribution in [2.75, 3.05) is 7.11 Å². The van der Waals surface area contributed by atoms with Crippen LogP contribution in [0.3, 0.4) is 0 Å².